The van der Waals surface area contributed by atoms with E-state index in [0.29, 0.717) is 0 Å². The van der Waals surface area contributed by atoms with Crippen LogP contribution in [0.15, 0.2) is 212 Å². The lowest BCUT2D eigenvalue weighted by Gasteiger charge is -2.26. The molecule has 1 nitrogen and oxygen atoms in total. The molecule has 0 aliphatic heterocycles. The molecule has 0 spiro atoms. The van der Waals surface area contributed by atoms with Gasteiger partial charge in [-0.2, -0.15) is 0 Å². The van der Waals surface area contributed by atoms with Crippen molar-refractivity contribution >= 4 is 60.2 Å². The van der Waals surface area contributed by atoms with Crippen LogP contribution in [0.2, 0.25) is 0 Å². The molecule has 248 valence electrons. The van der Waals surface area contributed by atoms with Crippen LogP contribution >= 0.6 is 0 Å². The summed E-state index contributed by atoms with van der Waals surface area (Å²) in [6, 6.07) is 77.2. The second-order valence-electron chi connectivity index (χ2n) is 13.8. The molecule has 0 bridgehead atoms. The molecule has 0 heterocycles. The molecule has 0 atom stereocenters. The zero-order valence-electron chi connectivity index (χ0n) is 29.2. The fraction of sp³-hybridized carbons (Fsp3) is 0. The van der Waals surface area contributed by atoms with Crippen molar-refractivity contribution in [1.82, 2.24) is 0 Å². The van der Waals surface area contributed by atoms with Gasteiger partial charge < -0.3 is 4.90 Å². The fourth-order valence-corrected chi connectivity index (χ4v) is 7.98. The number of nitrogens with zero attached hydrogens (tertiary/aromatic N) is 1. The summed E-state index contributed by atoms with van der Waals surface area (Å²) >= 11 is 0. The molecule has 0 saturated carbocycles. The lowest BCUT2D eigenvalue weighted by Crippen LogP contribution is -2.09. The molecule has 0 unspecified atom stereocenters. The molecular weight excluding hydrogens is 639 g/mol. The first-order valence-corrected chi connectivity index (χ1v) is 18.3. The van der Waals surface area contributed by atoms with E-state index < -0.39 is 0 Å². The minimum Gasteiger partial charge on any atom is -0.310 e. The average molecular weight is 674 g/mol. The molecule has 0 aliphatic rings. The van der Waals surface area contributed by atoms with Gasteiger partial charge in [-0.05, 0) is 125 Å². The maximum absolute atomic E-state index is 2.37. The van der Waals surface area contributed by atoms with Crippen LogP contribution in [0, 0.1) is 0 Å². The maximum atomic E-state index is 2.37. The lowest BCUT2D eigenvalue weighted by molar-refractivity contribution is 1.29. The Morgan fingerprint density at radius 1 is 0.226 bits per heavy atom. The number of benzene rings is 10. The van der Waals surface area contributed by atoms with Gasteiger partial charge >= 0.3 is 0 Å². The SMILES string of the molecule is c1ccc(-c2ccc3cc(N(c4ccc(-c5cccc6ccccc56)cc4)c4ccc(-c5cc6ccccc6c6ccccc56)cc4)ccc3c2)cc1. The first-order chi connectivity index (χ1) is 26.3. The number of anilines is 3. The van der Waals surface area contributed by atoms with Crippen LogP contribution < -0.4 is 4.90 Å². The predicted molar refractivity (Wildman–Crippen MR) is 227 cm³/mol. The molecule has 10 rings (SSSR count). The Morgan fingerprint density at radius 3 is 1.51 bits per heavy atom. The summed E-state index contributed by atoms with van der Waals surface area (Å²) in [6.07, 6.45) is 0. The molecule has 0 amide bonds. The molecule has 0 saturated heterocycles. The van der Waals surface area contributed by atoms with E-state index in [1.165, 1.54) is 76.5 Å². The van der Waals surface area contributed by atoms with Crippen LogP contribution in [0.1, 0.15) is 0 Å². The molecule has 0 radical (unpaired) electrons. The highest BCUT2D eigenvalue weighted by Gasteiger charge is 2.16. The van der Waals surface area contributed by atoms with Crippen molar-refractivity contribution in [2.75, 3.05) is 4.90 Å². The summed E-state index contributed by atoms with van der Waals surface area (Å²) < 4.78 is 0. The van der Waals surface area contributed by atoms with Crippen molar-refractivity contribution in [1.29, 1.82) is 0 Å². The minimum atomic E-state index is 1.11. The molecule has 10 aromatic rings. The third-order valence-electron chi connectivity index (χ3n) is 10.6. The van der Waals surface area contributed by atoms with Gasteiger partial charge in [0.05, 0.1) is 0 Å². The molecule has 0 fully saturated rings. The zero-order valence-corrected chi connectivity index (χ0v) is 29.2. The third kappa shape index (κ3) is 5.60. The molecular formula is C52H35N. The van der Waals surface area contributed by atoms with Crippen LogP contribution in [0.4, 0.5) is 17.1 Å². The van der Waals surface area contributed by atoms with E-state index in [1.54, 1.807) is 0 Å². The molecule has 1 heteroatoms. The second kappa shape index (κ2) is 13.0. The molecule has 0 aromatic heterocycles. The van der Waals surface area contributed by atoms with E-state index >= 15 is 0 Å². The highest BCUT2D eigenvalue weighted by Crippen LogP contribution is 2.41. The van der Waals surface area contributed by atoms with E-state index in [0.717, 1.165) is 17.1 Å². The lowest BCUT2D eigenvalue weighted by atomic mass is 9.93. The summed E-state index contributed by atoms with van der Waals surface area (Å²) in [5, 5.41) is 10.0. The average Bonchev–Trinajstić information content (AvgIpc) is 3.24. The summed E-state index contributed by atoms with van der Waals surface area (Å²) in [6.45, 7) is 0. The van der Waals surface area contributed by atoms with E-state index in [1.807, 2.05) is 0 Å². The van der Waals surface area contributed by atoms with E-state index in [4.69, 9.17) is 0 Å². The Labute approximate surface area is 309 Å². The van der Waals surface area contributed by atoms with Gasteiger partial charge in [0.25, 0.3) is 0 Å². The van der Waals surface area contributed by atoms with Gasteiger partial charge in [-0.3, -0.25) is 0 Å². The van der Waals surface area contributed by atoms with Gasteiger partial charge in [-0.15, -0.1) is 0 Å². The molecule has 0 N–H and O–H groups in total. The highest BCUT2D eigenvalue weighted by molar-refractivity contribution is 6.13. The number of rotatable bonds is 6. The van der Waals surface area contributed by atoms with Crippen LogP contribution in [-0.2, 0) is 0 Å². The number of hydrogen-bond acceptors (Lipinski definition) is 1. The fourth-order valence-electron chi connectivity index (χ4n) is 7.98. The Kier molecular flexibility index (Phi) is 7.55. The Balaban J connectivity index is 1.08. The van der Waals surface area contributed by atoms with Crippen molar-refractivity contribution in [3.63, 3.8) is 0 Å². The summed E-state index contributed by atoms with van der Waals surface area (Å²) in [5.74, 6) is 0. The van der Waals surface area contributed by atoms with Gasteiger partial charge in [0.1, 0.15) is 0 Å². The van der Waals surface area contributed by atoms with Gasteiger partial charge in [0.2, 0.25) is 0 Å². The van der Waals surface area contributed by atoms with Crippen molar-refractivity contribution < 1.29 is 0 Å². The quantitative estimate of drug-likeness (QED) is 0.159. The zero-order chi connectivity index (χ0) is 35.1. The Morgan fingerprint density at radius 2 is 0.755 bits per heavy atom. The summed E-state index contributed by atoms with van der Waals surface area (Å²) in [4.78, 5) is 2.37. The molecule has 53 heavy (non-hydrogen) atoms. The minimum absolute atomic E-state index is 1.11. The highest BCUT2D eigenvalue weighted by atomic mass is 15.1. The van der Waals surface area contributed by atoms with Gasteiger partial charge in [-0.25, -0.2) is 0 Å². The van der Waals surface area contributed by atoms with Crippen LogP contribution in [0.25, 0.3) is 76.5 Å². The molecule has 0 aliphatic carbocycles. The normalized spacial score (nSPS) is 11.4. The standard InChI is InChI=1S/C52H35N/c1-2-11-36(12-3-1)40-21-22-42-34-46(32-27-41(42)33-40)53(44-28-23-38(24-29-44)48-20-10-15-37-13-4-6-16-47(37)48)45-30-25-39(26-31-45)52-35-43-14-5-7-17-49(43)50-18-8-9-19-51(50)52/h1-35H. The van der Waals surface area contributed by atoms with Gasteiger partial charge in [0, 0.05) is 17.1 Å². The number of hydrogen-bond donors (Lipinski definition) is 0. The largest absolute Gasteiger partial charge is 0.310 e. The Hall–Kier alpha value is -6.96. The van der Waals surface area contributed by atoms with Gasteiger partial charge in [-0.1, -0.05) is 164 Å². The van der Waals surface area contributed by atoms with E-state index in [-0.39, 0.29) is 0 Å². The smallest absolute Gasteiger partial charge is 0.0468 e. The number of fused-ring (bicyclic) bond motifs is 5. The summed E-state index contributed by atoms with van der Waals surface area (Å²) in [7, 11) is 0. The first kappa shape index (κ1) is 30.8. The van der Waals surface area contributed by atoms with Crippen molar-refractivity contribution in [3.05, 3.63) is 212 Å². The first-order valence-electron chi connectivity index (χ1n) is 18.3. The monoisotopic (exact) mass is 673 g/mol. The molecule has 10 aromatic carbocycles. The van der Waals surface area contributed by atoms with E-state index in [2.05, 4.69) is 217 Å². The second-order valence-corrected chi connectivity index (χ2v) is 13.8. The predicted octanol–water partition coefficient (Wildman–Crippen LogP) is 14.8. The van der Waals surface area contributed by atoms with E-state index in [9.17, 15) is 0 Å². The topological polar surface area (TPSA) is 3.24 Å². The third-order valence-corrected chi connectivity index (χ3v) is 10.6. The Bertz CT molecular complexity index is 2920. The van der Waals surface area contributed by atoms with Gasteiger partial charge in [0.15, 0.2) is 0 Å². The van der Waals surface area contributed by atoms with Crippen molar-refractivity contribution in [2.45, 2.75) is 0 Å². The summed E-state index contributed by atoms with van der Waals surface area (Å²) in [5.41, 5.74) is 10.7. The maximum Gasteiger partial charge on any atom is 0.0468 e. The van der Waals surface area contributed by atoms with Crippen molar-refractivity contribution in [2.24, 2.45) is 0 Å². The van der Waals surface area contributed by atoms with Crippen LogP contribution in [0.3, 0.4) is 0 Å². The van der Waals surface area contributed by atoms with Crippen molar-refractivity contribution in [3.8, 4) is 33.4 Å². The van der Waals surface area contributed by atoms with Crippen LogP contribution in [0.5, 0.6) is 0 Å². The van der Waals surface area contributed by atoms with Crippen LogP contribution in [-0.4, -0.2) is 0 Å².